The molecule has 4 nitrogen and oxygen atoms in total. The normalized spacial score (nSPS) is 10.5. The van der Waals surface area contributed by atoms with E-state index >= 15 is 0 Å². The van der Waals surface area contributed by atoms with Gasteiger partial charge in [0.25, 0.3) is 5.89 Å². The number of benzene rings is 1. The molecule has 0 fully saturated rings. The van der Waals surface area contributed by atoms with Gasteiger partial charge < -0.3 is 9.15 Å². The first kappa shape index (κ1) is 11.6. The van der Waals surface area contributed by atoms with Crippen molar-refractivity contribution in [1.29, 1.82) is 0 Å². The monoisotopic (exact) mass is 232 g/mol. The summed E-state index contributed by atoms with van der Waals surface area (Å²) in [5, 5.41) is 7.79. The molecule has 0 radical (unpaired) electrons. The van der Waals surface area contributed by atoms with Gasteiger partial charge in [-0.05, 0) is 37.1 Å². The molecule has 0 amide bonds. The summed E-state index contributed by atoms with van der Waals surface area (Å²) in [5.41, 5.74) is 2.36. The van der Waals surface area contributed by atoms with Crippen molar-refractivity contribution in [2.75, 3.05) is 0 Å². The van der Waals surface area contributed by atoms with Gasteiger partial charge in [-0.15, -0.1) is 10.2 Å². The van der Waals surface area contributed by atoms with Gasteiger partial charge >= 0.3 is 0 Å². The predicted octanol–water partition coefficient (Wildman–Crippen LogP) is 2.83. The van der Waals surface area contributed by atoms with Crippen LogP contribution in [0.5, 0.6) is 5.75 Å². The van der Waals surface area contributed by atoms with Gasteiger partial charge in [0.15, 0.2) is 6.61 Å². The zero-order chi connectivity index (χ0) is 12.3. The smallest absolute Gasteiger partial charge is 0.253 e. The Morgan fingerprint density at radius 2 is 1.71 bits per heavy atom. The quantitative estimate of drug-likeness (QED) is 0.813. The first-order valence-corrected chi connectivity index (χ1v) is 5.69. The SMILES string of the molecule is CCc1nnc(COc2cc(C)cc(C)c2)o1. The summed E-state index contributed by atoms with van der Waals surface area (Å²) in [6.45, 7) is 6.38. The Morgan fingerprint density at radius 1 is 1.06 bits per heavy atom. The highest BCUT2D eigenvalue weighted by atomic mass is 16.5. The molecule has 0 bridgehead atoms. The summed E-state index contributed by atoms with van der Waals surface area (Å²) in [6, 6.07) is 6.09. The van der Waals surface area contributed by atoms with E-state index in [0.29, 0.717) is 18.4 Å². The molecule has 2 rings (SSSR count). The Labute approximate surface area is 101 Å². The highest BCUT2D eigenvalue weighted by Gasteiger charge is 2.05. The molecule has 1 heterocycles. The molecular formula is C13H16N2O2. The zero-order valence-electron chi connectivity index (χ0n) is 10.4. The molecule has 0 aliphatic heterocycles. The first-order valence-electron chi connectivity index (χ1n) is 5.69. The second-order valence-electron chi connectivity index (χ2n) is 4.06. The average molecular weight is 232 g/mol. The van der Waals surface area contributed by atoms with Gasteiger partial charge in [0.1, 0.15) is 5.75 Å². The Morgan fingerprint density at radius 3 is 2.29 bits per heavy atom. The van der Waals surface area contributed by atoms with Crippen molar-refractivity contribution in [3.8, 4) is 5.75 Å². The molecule has 0 saturated carbocycles. The van der Waals surface area contributed by atoms with Crippen LogP contribution in [0.3, 0.4) is 0 Å². The fourth-order valence-electron chi connectivity index (χ4n) is 1.65. The molecule has 0 aliphatic carbocycles. The summed E-state index contributed by atoms with van der Waals surface area (Å²) in [7, 11) is 0. The number of rotatable bonds is 4. The molecule has 0 atom stereocenters. The Kier molecular flexibility index (Phi) is 3.42. The molecular weight excluding hydrogens is 216 g/mol. The fourth-order valence-corrected chi connectivity index (χ4v) is 1.65. The summed E-state index contributed by atoms with van der Waals surface area (Å²) in [4.78, 5) is 0. The second kappa shape index (κ2) is 4.99. The van der Waals surface area contributed by atoms with E-state index in [2.05, 4.69) is 16.3 Å². The number of aromatic nitrogens is 2. The van der Waals surface area contributed by atoms with E-state index in [1.165, 1.54) is 11.1 Å². The molecule has 1 aromatic carbocycles. The Bertz CT molecular complexity index is 486. The van der Waals surface area contributed by atoms with Crippen molar-refractivity contribution in [3.63, 3.8) is 0 Å². The number of hydrogen-bond donors (Lipinski definition) is 0. The number of ether oxygens (including phenoxy) is 1. The standard InChI is InChI=1S/C13H16N2O2/c1-4-12-14-15-13(17-12)8-16-11-6-9(2)5-10(3)7-11/h5-7H,4,8H2,1-3H3. The van der Waals surface area contributed by atoms with Crippen LogP contribution in [0.1, 0.15) is 29.8 Å². The minimum atomic E-state index is 0.315. The van der Waals surface area contributed by atoms with Crippen LogP contribution in [0.15, 0.2) is 22.6 Å². The van der Waals surface area contributed by atoms with Gasteiger partial charge in [0.2, 0.25) is 5.89 Å². The maximum absolute atomic E-state index is 5.62. The fraction of sp³-hybridized carbons (Fsp3) is 0.385. The van der Waals surface area contributed by atoms with Crippen LogP contribution in [0.2, 0.25) is 0 Å². The maximum atomic E-state index is 5.62. The summed E-state index contributed by atoms with van der Waals surface area (Å²) in [5.74, 6) is 1.99. The molecule has 17 heavy (non-hydrogen) atoms. The number of nitrogens with zero attached hydrogens (tertiary/aromatic N) is 2. The molecule has 0 saturated heterocycles. The number of hydrogen-bond acceptors (Lipinski definition) is 4. The Hall–Kier alpha value is -1.84. The highest BCUT2D eigenvalue weighted by Crippen LogP contribution is 2.17. The average Bonchev–Trinajstić information content (AvgIpc) is 2.73. The van der Waals surface area contributed by atoms with E-state index in [-0.39, 0.29) is 0 Å². The van der Waals surface area contributed by atoms with Crippen LogP contribution < -0.4 is 4.74 Å². The largest absolute Gasteiger partial charge is 0.484 e. The van der Waals surface area contributed by atoms with Crippen LogP contribution in [-0.2, 0) is 13.0 Å². The molecule has 2 aromatic rings. The predicted molar refractivity (Wildman–Crippen MR) is 63.9 cm³/mol. The summed E-state index contributed by atoms with van der Waals surface area (Å²) in [6.07, 6.45) is 0.747. The van der Waals surface area contributed by atoms with Crippen molar-refractivity contribution in [2.45, 2.75) is 33.8 Å². The number of aryl methyl sites for hydroxylation is 3. The van der Waals surface area contributed by atoms with Crippen LogP contribution in [0.4, 0.5) is 0 Å². The third-order valence-electron chi connectivity index (χ3n) is 2.37. The minimum Gasteiger partial charge on any atom is -0.484 e. The van der Waals surface area contributed by atoms with Crippen LogP contribution >= 0.6 is 0 Å². The lowest BCUT2D eigenvalue weighted by molar-refractivity contribution is 0.259. The van der Waals surface area contributed by atoms with Gasteiger partial charge in [-0.25, -0.2) is 0 Å². The molecule has 1 aromatic heterocycles. The van der Waals surface area contributed by atoms with Crippen LogP contribution in [0.25, 0.3) is 0 Å². The van der Waals surface area contributed by atoms with E-state index in [0.717, 1.165) is 12.2 Å². The van der Waals surface area contributed by atoms with Gasteiger partial charge in [0, 0.05) is 6.42 Å². The topological polar surface area (TPSA) is 48.2 Å². The molecule has 90 valence electrons. The van der Waals surface area contributed by atoms with Gasteiger partial charge in [-0.2, -0.15) is 0 Å². The summed E-state index contributed by atoms with van der Waals surface area (Å²) >= 11 is 0. The van der Waals surface area contributed by atoms with Gasteiger partial charge in [0.05, 0.1) is 0 Å². The van der Waals surface area contributed by atoms with Gasteiger partial charge in [-0.1, -0.05) is 13.0 Å². The van der Waals surface area contributed by atoms with Gasteiger partial charge in [-0.3, -0.25) is 0 Å². The van der Waals surface area contributed by atoms with E-state index in [1.807, 2.05) is 32.9 Å². The maximum Gasteiger partial charge on any atom is 0.253 e. The van der Waals surface area contributed by atoms with Crippen molar-refractivity contribution < 1.29 is 9.15 Å². The van der Waals surface area contributed by atoms with Crippen molar-refractivity contribution in [2.24, 2.45) is 0 Å². The highest BCUT2D eigenvalue weighted by molar-refractivity contribution is 5.32. The van der Waals surface area contributed by atoms with E-state index in [4.69, 9.17) is 9.15 Å². The van der Waals surface area contributed by atoms with E-state index in [1.54, 1.807) is 0 Å². The molecule has 0 unspecified atom stereocenters. The van der Waals surface area contributed by atoms with Crippen LogP contribution in [-0.4, -0.2) is 10.2 Å². The third-order valence-corrected chi connectivity index (χ3v) is 2.37. The molecule has 0 spiro atoms. The van der Waals surface area contributed by atoms with Crippen molar-refractivity contribution in [3.05, 3.63) is 41.1 Å². The molecule has 0 N–H and O–H groups in total. The molecule has 0 aliphatic rings. The summed E-state index contributed by atoms with van der Waals surface area (Å²) < 4.78 is 11.0. The zero-order valence-corrected chi connectivity index (χ0v) is 10.4. The van der Waals surface area contributed by atoms with Crippen molar-refractivity contribution in [1.82, 2.24) is 10.2 Å². The third kappa shape index (κ3) is 3.06. The Balaban J connectivity index is 2.01. The first-order chi connectivity index (χ1) is 8.17. The van der Waals surface area contributed by atoms with Crippen LogP contribution in [0, 0.1) is 13.8 Å². The van der Waals surface area contributed by atoms with Crippen molar-refractivity contribution >= 4 is 0 Å². The second-order valence-corrected chi connectivity index (χ2v) is 4.06. The van der Waals surface area contributed by atoms with E-state index < -0.39 is 0 Å². The van der Waals surface area contributed by atoms with E-state index in [9.17, 15) is 0 Å². The minimum absolute atomic E-state index is 0.315. The lowest BCUT2D eigenvalue weighted by Crippen LogP contribution is -1.96. The lowest BCUT2D eigenvalue weighted by atomic mass is 10.1. The lowest BCUT2D eigenvalue weighted by Gasteiger charge is -2.05. The molecule has 4 heteroatoms.